The predicted molar refractivity (Wildman–Crippen MR) is 76.8 cm³/mol. The summed E-state index contributed by atoms with van der Waals surface area (Å²) < 4.78 is 12.5. The molecule has 1 aromatic carbocycles. The molecule has 0 unspecified atom stereocenters. The number of nitrogens with zero attached hydrogens (tertiary/aromatic N) is 2. The van der Waals surface area contributed by atoms with E-state index in [0.29, 0.717) is 12.3 Å². The number of methoxy groups -OCH3 is 2. The van der Waals surface area contributed by atoms with Crippen molar-refractivity contribution in [1.29, 1.82) is 0 Å². The highest BCUT2D eigenvalue weighted by Gasteiger charge is 2.18. The van der Waals surface area contributed by atoms with Crippen LogP contribution in [0.3, 0.4) is 0 Å². The van der Waals surface area contributed by atoms with Crippen LogP contribution in [0.5, 0.6) is 11.6 Å². The van der Waals surface area contributed by atoms with Crippen molar-refractivity contribution in [1.82, 2.24) is 9.78 Å². The first-order chi connectivity index (χ1) is 9.74. The monoisotopic (exact) mass is 276 g/mol. The second kappa shape index (κ2) is 6.43. The van der Waals surface area contributed by atoms with Crippen molar-refractivity contribution in [2.45, 2.75) is 19.8 Å². The minimum absolute atomic E-state index is 0.0766. The Morgan fingerprint density at radius 3 is 2.65 bits per heavy atom. The summed E-state index contributed by atoms with van der Waals surface area (Å²) in [6.07, 6.45) is 1.33. The molecule has 1 N–H and O–H groups in total. The Morgan fingerprint density at radius 1 is 1.25 bits per heavy atom. The Balaban J connectivity index is 2.54. The van der Waals surface area contributed by atoms with Crippen LogP contribution in [0.4, 0.5) is 0 Å². The van der Waals surface area contributed by atoms with Crippen LogP contribution in [0.15, 0.2) is 24.3 Å². The van der Waals surface area contributed by atoms with Crippen LogP contribution in [-0.4, -0.2) is 35.7 Å². The molecule has 0 spiro atoms. The van der Waals surface area contributed by atoms with Gasteiger partial charge in [0, 0.05) is 24.7 Å². The molecule has 108 valence electrons. The molecule has 0 bridgehead atoms. The van der Waals surface area contributed by atoms with Gasteiger partial charge in [-0.3, -0.25) is 0 Å². The second-order valence-corrected chi connectivity index (χ2v) is 4.37. The van der Waals surface area contributed by atoms with Gasteiger partial charge < -0.3 is 14.6 Å². The number of ether oxygens (including phenoxy) is 2. The molecule has 0 fully saturated rings. The van der Waals surface area contributed by atoms with E-state index in [-0.39, 0.29) is 6.61 Å². The first kappa shape index (κ1) is 14.4. The summed E-state index contributed by atoms with van der Waals surface area (Å²) in [5, 5.41) is 13.8. The van der Waals surface area contributed by atoms with E-state index < -0.39 is 0 Å². The van der Waals surface area contributed by atoms with Gasteiger partial charge in [0.2, 0.25) is 5.88 Å². The van der Waals surface area contributed by atoms with Gasteiger partial charge in [-0.25, -0.2) is 4.68 Å². The molecule has 0 aliphatic carbocycles. The van der Waals surface area contributed by atoms with E-state index >= 15 is 0 Å². The molecule has 5 heteroatoms. The van der Waals surface area contributed by atoms with Crippen LogP contribution in [0.1, 0.15) is 18.2 Å². The van der Waals surface area contributed by atoms with Crippen molar-refractivity contribution in [2.24, 2.45) is 0 Å². The van der Waals surface area contributed by atoms with Gasteiger partial charge in [-0.05, 0) is 18.6 Å². The third-order valence-electron chi connectivity index (χ3n) is 3.21. The summed E-state index contributed by atoms with van der Waals surface area (Å²) in [6, 6.07) is 7.64. The molecular formula is C15H20N2O3. The number of hydrogen-bond acceptors (Lipinski definition) is 4. The smallest absolute Gasteiger partial charge is 0.220 e. The van der Waals surface area contributed by atoms with Gasteiger partial charge in [-0.1, -0.05) is 13.0 Å². The number of benzene rings is 1. The van der Waals surface area contributed by atoms with Crippen LogP contribution in [-0.2, 0) is 12.8 Å². The van der Waals surface area contributed by atoms with Crippen molar-refractivity contribution in [2.75, 3.05) is 20.8 Å². The number of rotatable bonds is 6. The van der Waals surface area contributed by atoms with Crippen molar-refractivity contribution >= 4 is 0 Å². The zero-order chi connectivity index (χ0) is 14.5. The highest BCUT2D eigenvalue weighted by Crippen LogP contribution is 2.28. The Hall–Kier alpha value is -2.01. The lowest BCUT2D eigenvalue weighted by molar-refractivity contribution is 0.295. The van der Waals surface area contributed by atoms with Crippen LogP contribution in [0, 0.1) is 0 Å². The third-order valence-corrected chi connectivity index (χ3v) is 3.21. The van der Waals surface area contributed by atoms with E-state index in [1.165, 1.54) is 0 Å². The van der Waals surface area contributed by atoms with Gasteiger partial charge >= 0.3 is 0 Å². The van der Waals surface area contributed by atoms with Crippen molar-refractivity contribution in [3.8, 4) is 17.3 Å². The number of aliphatic hydroxyl groups excluding tert-OH is 1. The Labute approximate surface area is 118 Å². The molecule has 2 aromatic rings. The molecule has 0 saturated carbocycles. The van der Waals surface area contributed by atoms with Crippen molar-refractivity contribution < 1.29 is 14.6 Å². The fraction of sp³-hybridized carbons (Fsp3) is 0.400. The summed E-state index contributed by atoms with van der Waals surface area (Å²) in [4.78, 5) is 0. The number of hydrogen-bond donors (Lipinski definition) is 1. The van der Waals surface area contributed by atoms with Gasteiger partial charge in [0.05, 0.1) is 25.6 Å². The van der Waals surface area contributed by atoms with Crippen LogP contribution in [0.2, 0.25) is 0 Å². The van der Waals surface area contributed by atoms with Crippen LogP contribution in [0.25, 0.3) is 5.69 Å². The van der Waals surface area contributed by atoms with Crippen LogP contribution >= 0.6 is 0 Å². The number of aryl methyl sites for hydroxylation is 1. The molecule has 0 atom stereocenters. The average Bonchev–Trinajstić information content (AvgIpc) is 2.85. The lowest BCUT2D eigenvalue weighted by Crippen LogP contribution is -2.01. The molecule has 0 radical (unpaired) electrons. The van der Waals surface area contributed by atoms with Gasteiger partial charge in [0.1, 0.15) is 5.75 Å². The lowest BCUT2D eigenvalue weighted by atomic mass is 10.1. The molecule has 20 heavy (non-hydrogen) atoms. The molecule has 5 nitrogen and oxygen atoms in total. The number of aromatic nitrogens is 2. The molecule has 0 amide bonds. The van der Waals surface area contributed by atoms with Gasteiger partial charge in [0.15, 0.2) is 0 Å². The van der Waals surface area contributed by atoms with Crippen molar-refractivity contribution in [3.05, 3.63) is 35.5 Å². The van der Waals surface area contributed by atoms with E-state index in [9.17, 15) is 5.11 Å². The maximum absolute atomic E-state index is 9.21. The Kier molecular flexibility index (Phi) is 4.63. The number of aliphatic hydroxyl groups is 1. The van der Waals surface area contributed by atoms with Gasteiger partial charge in [0.25, 0.3) is 0 Å². The molecule has 0 aliphatic rings. The molecule has 2 rings (SSSR count). The summed E-state index contributed by atoms with van der Waals surface area (Å²) in [6.45, 7) is 2.12. The summed E-state index contributed by atoms with van der Waals surface area (Å²) in [7, 11) is 3.25. The van der Waals surface area contributed by atoms with E-state index in [4.69, 9.17) is 9.47 Å². The molecule has 0 saturated heterocycles. The highest BCUT2D eigenvalue weighted by atomic mass is 16.5. The largest absolute Gasteiger partial charge is 0.497 e. The minimum atomic E-state index is 0.0766. The Bertz CT molecular complexity index is 578. The van der Waals surface area contributed by atoms with Crippen molar-refractivity contribution in [3.63, 3.8) is 0 Å². The van der Waals surface area contributed by atoms with E-state index in [1.807, 2.05) is 31.2 Å². The predicted octanol–water partition coefficient (Wildman–Crippen LogP) is 1.99. The molecule has 1 aromatic heterocycles. The fourth-order valence-corrected chi connectivity index (χ4v) is 2.25. The maximum atomic E-state index is 9.21. The quantitative estimate of drug-likeness (QED) is 0.876. The van der Waals surface area contributed by atoms with E-state index in [1.54, 1.807) is 18.9 Å². The Morgan fingerprint density at radius 2 is 2.05 bits per heavy atom. The zero-order valence-corrected chi connectivity index (χ0v) is 12.1. The molecule has 0 aliphatic heterocycles. The second-order valence-electron chi connectivity index (χ2n) is 4.37. The third kappa shape index (κ3) is 2.63. The first-order valence-electron chi connectivity index (χ1n) is 6.65. The first-order valence-corrected chi connectivity index (χ1v) is 6.65. The fourth-order valence-electron chi connectivity index (χ4n) is 2.25. The van der Waals surface area contributed by atoms with E-state index in [0.717, 1.165) is 29.1 Å². The molecular weight excluding hydrogens is 256 g/mol. The summed E-state index contributed by atoms with van der Waals surface area (Å²) in [5.74, 6) is 1.44. The van der Waals surface area contributed by atoms with Crippen LogP contribution < -0.4 is 9.47 Å². The van der Waals surface area contributed by atoms with Gasteiger partial charge in [-0.15, -0.1) is 0 Å². The summed E-state index contributed by atoms with van der Waals surface area (Å²) >= 11 is 0. The lowest BCUT2D eigenvalue weighted by Gasteiger charge is -2.09. The average molecular weight is 276 g/mol. The SMILES string of the molecule is CCc1nn(-c2cccc(OC)c2)c(OC)c1CCO. The summed E-state index contributed by atoms with van der Waals surface area (Å²) in [5.41, 5.74) is 2.78. The van der Waals surface area contributed by atoms with Gasteiger partial charge in [-0.2, -0.15) is 5.10 Å². The molecule has 1 heterocycles. The normalized spacial score (nSPS) is 10.6. The topological polar surface area (TPSA) is 56.5 Å². The minimum Gasteiger partial charge on any atom is -0.497 e. The van der Waals surface area contributed by atoms with E-state index in [2.05, 4.69) is 5.10 Å². The highest BCUT2D eigenvalue weighted by molar-refractivity contribution is 5.45. The maximum Gasteiger partial charge on any atom is 0.220 e. The zero-order valence-electron chi connectivity index (χ0n) is 12.1. The standard InChI is InChI=1S/C15H20N2O3/c1-4-14-13(8-9-18)15(20-3)17(16-14)11-6-5-7-12(10-11)19-2/h5-7,10,18H,4,8-9H2,1-3H3.